The van der Waals surface area contributed by atoms with Crippen LogP contribution in [0.5, 0.6) is 0 Å². The van der Waals surface area contributed by atoms with Crippen molar-refractivity contribution in [3.05, 3.63) is 0 Å². The zero-order valence-corrected chi connectivity index (χ0v) is 10.7. The maximum Gasteiger partial charge on any atom is 0.0238 e. The van der Waals surface area contributed by atoms with E-state index in [0.29, 0.717) is 0 Å². The lowest BCUT2D eigenvalue weighted by molar-refractivity contribution is 0.178. The summed E-state index contributed by atoms with van der Waals surface area (Å²) in [7, 11) is 2.34. The molecule has 3 fully saturated rings. The van der Waals surface area contributed by atoms with Crippen LogP contribution in [0.15, 0.2) is 0 Å². The van der Waals surface area contributed by atoms with Crippen LogP contribution < -0.4 is 5.32 Å². The Balaban J connectivity index is 1.58. The highest BCUT2D eigenvalue weighted by Crippen LogP contribution is 2.34. The van der Waals surface area contributed by atoms with E-state index in [2.05, 4.69) is 29.1 Å². The van der Waals surface area contributed by atoms with Crippen molar-refractivity contribution in [3.63, 3.8) is 0 Å². The van der Waals surface area contributed by atoms with Crippen molar-refractivity contribution in [2.75, 3.05) is 26.7 Å². The van der Waals surface area contributed by atoms with Gasteiger partial charge in [0.25, 0.3) is 0 Å². The first kappa shape index (κ1) is 11.0. The third-order valence-corrected chi connectivity index (χ3v) is 4.80. The van der Waals surface area contributed by atoms with Gasteiger partial charge in [0, 0.05) is 37.3 Å². The Labute approximate surface area is 99.2 Å². The molecule has 1 saturated carbocycles. The molecule has 0 spiro atoms. The van der Waals surface area contributed by atoms with Gasteiger partial charge in [-0.15, -0.1) is 0 Å². The van der Waals surface area contributed by atoms with Crippen molar-refractivity contribution in [2.45, 2.75) is 56.8 Å². The largest absolute Gasteiger partial charge is 0.315 e. The van der Waals surface area contributed by atoms with Crippen LogP contribution in [0.3, 0.4) is 0 Å². The van der Waals surface area contributed by atoms with Crippen LogP contribution in [-0.4, -0.2) is 60.6 Å². The van der Waals surface area contributed by atoms with E-state index in [1.54, 1.807) is 0 Å². The van der Waals surface area contributed by atoms with E-state index in [4.69, 9.17) is 0 Å². The Bertz CT molecular complexity index is 246. The number of nitrogens with one attached hydrogen (secondary N) is 1. The highest BCUT2D eigenvalue weighted by molar-refractivity contribution is 4.97. The summed E-state index contributed by atoms with van der Waals surface area (Å²) in [6.45, 7) is 6.15. The van der Waals surface area contributed by atoms with E-state index in [1.807, 2.05) is 0 Å². The summed E-state index contributed by atoms with van der Waals surface area (Å²) in [6.07, 6.45) is 5.62. The third kappa shape index (κ3) is 2.01. The van der Waals surface area contributed by atoms with Crippen molar-refractivity contribution in [2.24, 2.45) is 0 Å². The number of likely N-dealkylation sites (N-methyl/N-ethyl adjacent to an activating group) is 1. The minimum atomic E-state index is 0.788. The molecule has 2 saturated heterocycles. The van der Waals surface area contributed by atoms with Gasteiger partial charge in [-0.2, -0.15) is 0 Å². The molecule has 3 rings (SSSR count). The molecule has 0 aromatic carbocycles. The second-order valence-corrected chi connectivity index (χ2v) is 5.98. The Hall–Kier alpha value is -0.120. The van der Waals surface area contributed by atoms with Crippen molar-refractivity contribution in [3.8, 4) is 0 Å². The second kappa shape index (κ2) is 4.28. The lowest BCUT2D eigenvalue weighted by atomic mass is 10.1. The monoisotopic (exact) mass is 223 g/mol. The molecule has 2 heterocycles. The lowest BCUT2D eigenvalue weighted by Crippen LogP contribution is -2.43. The fourth-order valence-corrected chi connectivity index (χ4v) is 3.52. The zero-order chi connectivity index (χ0) is 11.1. The average Bonchev–Trinajstić information content (AvgIpc) is 2.83. The van der Waals surface area contributed by atoms with Gasteiger partial charge in [-0.3, -0.25) is 9.80 Å². The van der Waals surface area contributed by atoms with Gasteiger partial charge in [-0.1, -0.05) is 0 Å². The number of hydrogen-bond donors (Lipinski definition) is 1. The van der Waals surface area contributed by atoms with Gasteiger partial charge in [0.2, 0.25) is 0 Å². The van der Waals surface area contributed by atoms with Crippen molar-refractivity contribution in [1.82, 2.24) is 15.1 Å². The van der Waals surface area contributed by atoms with Gasteiger partial charge in [0.15, 0.2) is 0 Å². The van der Waals surface area contributed by atoms with Gasteiger partial charge in [-0.05, 0) is 46.2 Å². The van der Waals surface area contributed by atoms with Gasteiger partial charge in [-0.25, -0.2) is 0 Å². The molecule has 0 aromatic heterocycles. The minimum absolute atomic E-state index is 0.788. The first-order valence-electron chi connectivity index (χ1n) is 6.94. The quantitative estimate of drug-likeness (QED) is 0.767. The van der Waals surface area contributed by atoms with Gasteiger partial charge >= 0.3 is 0 Å². The molecule has 3 heteroatoms. The molecule has 3 unspecified atom stereocenters. The predicted octanol–water partition coefficient (Wildman–Crippen LogP) is 0.905. The first-order valence-corrected chi connectivity index (χ1v) is 6.94. The molecule has 1 N–H and O–H groups in total. The maximum atomic E-state index is 3.48. The smallest absolute Gasteiger partial charge is 0.0238 e. The molecule has 0 aromatic rings. The second-order valence-electron chi connectivity index (χ2n) is 5.98. The highest BCUT2D eigenvalue weighted by atomic mass is 15.3. The van der Waals surface area contributed by atoms with Crippen molar-refractivity contribution < 1.29 is 0 Å². The summed E-state index contributed by atoms with van der Waals surface area (Å²) in [5.74, 6) is 0. The maximum absolute atomic E-state index is 3.48. The van der Waals surface area contributed by atoms with Crippen molar-refractivity contribution in [1.29, 1.82) is 0 Å². The molecule has 2 aliphatic heterocycles. The summed E-state index contributed by atoms with van der Waals surface area (Å²) in [5, 5.41) is 3.48. The van der Waals surface area contributed by atoms with Crippen molar-refractivity contribution >= 4 is 0 Å². The molecule has 16 heavy (non-hydrogen) atoms. The Morgan fingerprint density at radius 3 is 2.62 bits per heavy atom. The fourth-order valence-electron chi connectivity index (χ4n) is 3.52. The van der Waals surface area contributed by atoms with Crippen LogP contribution in [0.25, 0.3) is 0 Å². The standard InChI is InChI=1S/C13H25N3/c1-10-7-13(9-16(10)11-3-4-11)15(2)12-5-6-14-8-12/h10-14H,3-9H2,1-2H3. The predicted molar refractivity (Wildman–Crippen MR) is 66.6 cm³/mol. The SMILES string of the molecule is CC1CC(N(C)C2CCNC2)CN1C1CC1. The Morgan fingerprint density at radius 2 is 2.00 bits per heavy atom. The summed E-state index contributed by atoms with van der Waals surface area (Å²) in [4.78, 5) is 5.41. The summed E-state index contributed by atoms with van der Waals surface area (Å²) < 4.78 is 0. The van der Waals surface area contributed by atoms with E-state index in [1.165, 1.54) is 45.3 Å². The van der Waals surface area contributed by atoms with Gasteiger partial charge < -0.3 is 5.32 Å². The number of rotatable bonds is 3. The molecule has 0 amide bonds. The van der Waals surface area contributed by atoms with Gasteiger partial charge in [0.1, 0.15) is 0 Å². The molecule has 1 aliphatic carbocycles. The molecule has 0 bridgehead atoms. The normalized spacial score (nSPS) is 41.1. The number of hydrogen-bond acceptors (Lipinski definition) is 3. The molecule has 3 nitrogen and oxygen atoms in total. The van der Waals surface area contributed by atoms with Crippen LogP contribution in [0, 0.1) is 0 Å². The number of likely N-dealkylation sites (tertiary alicyclic amines) is 1. The Kier molecular flexibility index (Phi) is 2.94. The molecular weight excluding hydrogens is 198 g/mol. The average molecular weight is 223 g/mol. The fraction of sp³-hybridized carbons (Fsp3) is 1.00. The van der Waals surface area contributed by atoms with Crippen LogP contribution >= 0.6 is 0 Å². The topological polar surface area (TPSA) is 18.5 Å². The van der Waals surface area contributed by atoms with Crippen LogP contribution in [0.4, 0.5) is 0 Å². The summed E-state index contributed by atoms with van der Waals surface area (Å²) in [5.41, 5.74) is 0. The van der Waals surface area contributed by atoms with Crippen LogP contribution in [0.1, 0.15) is 32.6 Å². The summed E-state index contributed by atoms with van der Waals surface area (Å²) >= 11 is 0. The highest BCUT2D eigenvalue weighted by Gasteiger charge is 2.41. The van der Waals surface area contributed by atoms with Crippen LogP contribution in [-0.2, 0) is 0 Å². The van der Waals surface area contributed by atoms with E-state index >= 15 is 0 Å². The minimum Gasteiger partial charge on any atom is -0.315 e. The number of nitrogens with zero attached hydrogens (tertiary/aromatic N) is 2. The van der Waals surface area contributed by atoms with Gasteiger partial charge in [0.05, 0.1) is 0 Å². The van der Waals surface area contributed by atoms with E-state index in [0.717, 1.165) is 24.2 Å². The van der Waals surface area contributed by atoms with E-state index in [9.17, 15) is 0 Å². The summed E-state index contributed by atoms with van der Waals surface area (Å²) in [6, 6.07) is 3.35. The van der Waals surface area contributed by atoms with E-state index in [-0.39, 0.29) is 0 Å². The van der Waals surface area contributed by atoms with E-state index < -0.39 is 0 Å². The molecule has 0 radical (unpaired) electrons. The molecule has 3 atom stereocenters. The lowest BCUT2D eigenvalue weighted by Gasteiger charge is -2.30. The molecular formula is C13H25N3. The van der Waals surface area contributed by atoms with Crippen LogP contribution in [0.2, 0.25) is 0 Å². The Morgan fingerprint density at radius 1 is 1.19 bits per heavy atom. The molecule has 92 valence electrons. The first-order chi connectivity index (χ1) is 7.75. The molecule has 3 aliphatic rings. The third-order valence-electron chi connectivity index (χ3n) is 4.80. The zero-order valence-electron chi connectivity index (χ0n) is 10.7.